The summed E-state index contributed by atoms with van der Waals surface area (Å²) in [5, 5.41) is 17.8. The zero-order valence-corrected chi connectivity index (χ0v) is 14.2. The van der Waals surface area contributed by atoms with Gasteiger partial charge in [0.05, 0.1) is 26.2 Å². The second-order valence-corrected chi connectivity index (χ2v) is 5.69. The molecule has 0 aliphatic carbocycles. The third-order valence-corrected chi connectivity index (χ3v) is 3.76. The van der Waals surface area contributed by atoms with Crippen molar-refractivity contribution in [3.05, 3.63) is 45.7 Å². The molecule has 0 spiro atoms. The lowest BCUT2D eigenvalue weighted by Gasteiger charge is -2.06. The molecule has 0 saturated heterocycles. The van der Waals surface area contributed by atoms with E-state index in [4.69, 9.17) is 19.7 Å². The molecule has 1 heterocycles. The van der Waals surface area contributed by atoms with Gasteiger partial charge in [0.2, 0.25) is 5.43 Å². The van der Waals surface area contributed by atoms with Crippen molar-refractivity contribution >= 4 is 22.8 Å². The molecule has 0 aliphatic rings. The Morgan fingerprint density at radius 2 is 1.77 bits per heavy atom. The Balaban J connectivity index is 1.79. The van der Waals surface area contributed by atoms with Crippen LogP contribution in [0.5, 0.6) is 0 Å². The first kappa shape index (κ1) is 19.6. The summed E-state index contributed by atoms with van der Waals surface area (Å²) in [7, 11) is 0. The molecule has 1 aromatic carbocycles. The number of carboxylic acid groups (broad SMARTS) is 2. The first-order valence-corrected chi connectivity index (χ1v) is 8.24. The number of aromatic nitrogens is 1. The van der Waals surface area contributed by atoms with Crippen molar-refractivity contribution in [1.82, 2.24) is 4.98 Å². The Labute approximate surface area is 149 Å². The fraction of sp³-hybridized carbons (Fsp3) is 0.389. The monoisotopic (exact) mass is 363 g/mol. The molecule has 0 atom stereocenters. The van der Waals surface area contributed by atoms with E-state index in [0.717, 1.165) is 12.0 Å². The Morgan fingerprint density at radius 3 is 2.46 bits per heavy atom. The van der Waals surface area contributed by atoms with Gasteiger partial charge in [0, 0.05) is 23.7 Å². The lowest BCUT2D eigenvalue weighted by atomic mass is 10.1. The molecular formula is C18H21NO7. The van der Waals surface area contributed by atoms with E-state index in [2.05, 4.69) is 4.98 Å². The van der Waals surface area contributed by atoms with Crippen LogP contribution in [0.2, 0.25) is 0 Å². The predicted octanol–water partition coefficient (Wildman–Crippen LogP) is 1.67. The maximum Gasteiger partial charge on any atom is 0.341 e. The highest BCUT2D eigenvalue weighted by Gasteiger charge is 2.11. The molecule has 0 fully saturated rings. The minimum absolute atomic E-state index is 0.0231. The Morgan fingerprint density at radius 1 is 1.04 bits per heavy atom. The van der Waals surface area contributed by atoms with Crippen LogP contribution in [-0.2, 0) is 20.7 Å². The zero-order chi connectivity index (χ0) is 18.9. The minimum atomic E-state index is -1.25. The molecule has 0 unspecified atom stereocenters. The number of H-pyrrole nitrogens is 1. The van der Waals surface area contributed by atoms with Crippen molar-refractivity contribution in [3.63, 3.8) is 0 Å². The summed E-state index contributed by atoms with van der Waals surface area (Å²) in [6.45, 7) is 1.41. The summed E-state index contributed by atoms with van der Waals surface area (Å²) >= 11 is 0. The van der Waals surface area contributed by atoms with E-state index in [1.165, 1.54) is 6.20 Å². The minimum Gasteiger partial charge on any atom is -0.481 e. The van der Waals surface area contributed by atoms with E-state index in [0.29, 0.717) is 37.1 Å². The molecule has 140 valence electrons. The van der Waals surface area contributed by atoms with Crippen molar-refractivity contribution in [2.75, 3.05) is 26.4 Å². The van der Waals surface area contributed by atoms with Gasteiger partial charge in [-0.15, -0.1) is 0 Å². The quantitative estimate of drug-likeness (QED) is 0.518. The van der Waals surface area contributed by atoms with E-state index in [1.54, 1.807) is 12.1 Å². The Hall–Kier alpha value is -2.71. The highest BCUT2D eigenvalue weighted by atomic mass is 16.5. The molecule has 2 rings (SSSR count). The van der Waals surface area contributed by atoms with Crippen molar-refractivity contribution < 1.29 is 29.3 Å². The van der Waals surface area contributed by atoms with Crippen molar-refractivity contribution in [1.29, 1.82) is 0 Å². The first-order valence-electron chi connectivity index (χ1n) is 8.24. The summed E-state index contributed by atoms with van der Waals surface area (Å²) < 4.78 is 10.5. The number of aromatic amines is 1. The average Bonchev–Trinajstić information content (AvgIpc) is 2.60. The Kier molecular flexibility index (Phi) is 7.31. The molecule has 0 radical (unpaired) electrons. The highest BCUT2D eigenvalue weighted by molar-refractivity contribution is 5.92. The standard InChI is InChI=1S/C18H21NO7/c20-16(21)5-7-26-9-8-25-6-1-2-12-3-4-15-13(10-12)17(22)14(11-19-15)18(23)24/h3-4,10-11H,1-2,5-9H2,(H,19,22)(H,20,21)(H,23,24). The number of aromatic carboxylic acids is 1. The van der Waals surface area contributed by atoms with E-state index in [1.807, 2.05) is 6.07 Å². The molecule has 1 aromatic heterocycles. The van der Waals surface area contributed by atoms with Gasteiger partial charge in [-0.1, -0.05) is 6.07 Å². The highest BCUT2D eigenvalue weighted by Crippen LogP contribution is 2.13. The summed E-state index contributed by atoms with van der Waals surface area (Å²) in [4.78, 5) is 36.4. The van der Waals surface area contributed by atoms with Gasteiger partial charge in [-0.3, -0.25) is 9.59 Å². The second-order valence-electron chi connectivity index (χ2n) is 5.69. The van der Waals surface area contributed by atoms with Crippen molar-refractivity contribution in [2.45, 2.75) is 19.3 Å². The van der Waals surface area contributed by atoms with Gasteiger partial charge in [0.25, 0.3) is 0 Å². The summed E-state index contributed by atoms with van der Waals surface area (Å²) in [6.07, 6.45) is 2.60. The number of aliphatic carboxylic acids is 1. The van der Waals surface area contributed by atoms with Crippen molar-refractivity contribution in [3.8, 4) is 0 Å². The maximum absolute atomic E-state index is 12.2. The molecule has 0 aliphatic heterocycles. The van der Waals surface area contributed by atoms with Crippen LogP contribution in [0, 0.1) is 0 Å². The van der Waals surface area contributed by atoms with Crippen LogP contribution >= 0.6 is 0 Å². The number of pyridine rings is 1. The van der Waals surface area contributed by atoms with Crippen LogP contribution in [0.15, 0.2) is 29.2 Å². The third kappa shape index (κ3) is 5.68. The lowest BCUT2D eigenvalue weighted by Crippen LogP contribution is -2.15. The Bertz CT molecular complexity index is 828. The number of benzene rings is 1. The molecular weight excluding hydrogens is 342 g/mol. The van der Waals surface area contributed by atoms with Crippen LogP contribution in [0.25, 0.3) is 10.9 Å². The number of carbonyl (C=O) groups is 2. The maximum atomic E-state index is 12.2. The normalized spacial score (nSPS) is 10.9. The molecule has 0 bridgehead atoms. The van der Waals surface area contributed by atoms with E-state index in [9.17, 15) is 14.4 Å². The largest absolute Gasteiger partial charge is 0.481 e. The molecule has 3 N–H and O–H groups in total. The van der Waals surface area contributed by atoms with Gasteiger partial charge in [-0.05, 0) is 30.5 Å². The smallest absolute Gasteiger partial charge is 0.341 e. The topological polar surface area (TPSA) is 126 Å². The van der Waals surface area contributed by atoms with E-state index < -0.39 is 17.4 Å². The molecule has 8 heteroatoms. The van der Waals surface area contributed by atoms with Gasteiger partial charge in [-0.25, -0.2) is 4.79 Å². The number of nitrogens with one attached hydrogen (secondary N) is 1. The summed E-state index contributed by atoms with van der Waals surface area (Å²) in [5.74, 6) is -2.15. The summed E-state index contributed by atoms with van der Waals surface area (Å²) in [6, 6.07) is 5.35. The SMILES string of the molecule is O=C(O)CCOCCOCCCc1ccc2[nH]cc(C(=O)O)c(=O)c2c1. The molecule has 26 heavy (non-hydrogen) atoms. The van der Waals surface area contributed by atoms with E-state index >= 15 is 0 Å². The number of hydrogen-bond acceptors (Lipinski definition) is 5. The number of rotatable bonds is 11. The third-order valence-electron chi connectivity index (χ3n) is 3.76. The zero-order valence-electron chi connectivity index (χ0n) is 14.2. The van der Waals surface area contributed by atoms with Gasteiger partial charge in [-0.2, -0.15) is 0 Å². The summed E-state index contributed by atoms with van der Waals surface area (Å²) in [5.41, 5.74) is 0.745. The fourth-order valence-electron chi connectivity index (χ4n) is 2.44. The van der Waals surface area contributed by atoms with Crippen LogP contribution in [0.1, 0.15) is 28.8 Å². The van der Waals surface area contributed by atoms with Crippen LogP contribution in [0.4, 0.5) is 0 Å². The number of ether oxygens (including phenoxy) is 2. The van der Waals surface area contributed by atoms with E-state index in [-0.39, 0.29) is 18.6 Å². The van der Waals surface area contributed by atoms with Crippen LogP contribution in [-0.4, -0.2) is 53.6 Å². The van der Waals surface area contributed by atoms with Gasteiger partial charge >= 0.3 is 11.9 Å². The van der Waals surface area contributed by atoms with Gasteiger partial charge < -0.3 is 24.7 Å². The second kappa shape index (κ2) is 9.69. The fourth-order valence-corrected chi connectivity index (χ4v) is 2.44. The first-order chi connectivity index (χ1) is 12.5. The number of fused-ring (bicyclic) bond motifs is 1. The molecule has 8 nitrogen and oxygen atoms in total. The van der Waals surface area contributed by atoms with Crippen LogP contribution in [0.3, 0.4) is 0 Å². The number of aryl methyl sites for hydroxylation is 1. The van der Waals surface area contributed by atoms with Crippen LogP contribution < -0.4 is 5.43 Å². The number of carboxylic acids is 2. The molecule has 0 saturated carbocycles. The molecule has 2 aromatic rings. The van der Waals surface area contributed by atoms with Gasteiger partial charge in [0.1, 0.15) is 5.56 Å². The molecule has 0 amide bonds. The lowest BCUT2D eigenvalue weighted by molar-refractivity contribution is -0.138. The van der Waals surface area contributed by atoms with Crippen molar-refractivity contribution in [2.24, 2.45) is 0 Å². The number of hydrogen-bond donors (Lipinski definition) is 3. The predicted molar refractivity (Wildman–Crippen MR) is 93.7 cm³/mol. The average molecular weight is 363 g/mol. The van der Waals surface area contributed by atoms with Gasteiger partial charge in [0.15, 0.2) is 0 Å².